The molecule has 1 fully saturated rings. The second kappa shape index (κ2) is 7.15. The highest BCUT2D eigenvalue weighted by atomic mass is 16.5. The van der Waals surface area contributed by atoms with Gasteiger partial charge in [0.15, 0.2) is 0 Å². The molecule has 6 heteroatoms. The Morgan fingerprint density at radius 3 is 2.86 bits per heavy atom. The number of hydrogen-bond acceptors (Lipinski definition) is 3. The van der Waals surface area contributed by atoms with Crippen LogP contribution in [0.1, 0.15) is 20.3 Å². The molecule has 1 unspecified atom stereocenters. The third-order valence-corrected chi connectivity index (χ3v) is 3.81. The second-order valence-corrected chi connectivity index (χ2v) is 5.29. The Morgan fingerprint density at radius 2 is 2.18 bits per heavy atom. The number of nitrogens with one attached hydrogen (secondary N) is 1. The molecule has 1 heterocycles. The minimum atomic E-state index is -0.475. The monoisotopic (exact) mass is 305 g/mol. The summed E-state index contributed by atoms with van der Waals surface area (Å²) < 4.78 is 5.20. The van der Waals surface area contributed by atoms with Crippen LogP contribution >= 0.6 is 0 Å². The van der Waals surface area contributed by atoms with Crippen molar-refractivity contribution in [2.45, 2.75) is 26.3 Å². The van der Waals surface area contributed by atoms with Crippen molar-refractivity contribution in [1.82, 2.24) is 10.2 Å². The Balaban J connectivity index is 2.10. The van der Waals surface area contributed by atoms with Gasteiger partial charge in [-0.25, -0.2) is 4.79 Å². The summed E-state index contributed by atoms with van der Waals surface area (Å²) in [4.78, 5) is 28.0. The molecule has 0 radical (unpaired) electrons. The topological polar surface area (TPSA) is 61.9 Å². The van der Waals surface area contributed by atoms with E-state index in [2.05, 4.69) is 5.32 Å². The number of piperazine rings is 1. The summed E-state index contributed by atoms with van der Waals surface area (Å²) in [6.07, 6.45) is 0.873. The van der Waals surface area contributed by atoms with Gasteiger partial charge in [0.05, 0.1) is 7.11 Å². The maximum atomic E-state index is 12.6. The van der Waals surface area contributed by atoms with Gasteiger partial charge in [0.2, 0.25) is 5.91 Å². The summed E-state index contributed by atoms with van der Waals surface area (Å²) in [5, 5.41) is 2.82. The molecule has 120 valence electrons. The number of methoxy groups -OCH3 is 1. The number of carbonyl (C=O) groups is 2. The van der Waals surface area contributed by atoms with Crippen LogP contribution in [0.15, 0.2) is 24.3 Å². The van der Waals surface area contributed by atoms with Crippen molar-refractivity contribution in [2.24, 2.45) is 0 Å². The van der Waals surface area contributed by atoms with Crippen LogP contribution in [0.3, 0.4) is 0 Å². The molecule has 6 nitrogen and oxygen atoms in total. The lowest BCUT2D eigenvalue weighted by Crippen LogP contribution is -2.59. The first-order valence-electron chi connectivity index (χ1n) is 7.58. The van der Waals surface area contributed by atoms with Gasteiger partial charge >= 0.3 is 6.03 Å². The Morgan fingerprint density at radius 1 is 1.41 bits per heavy atom. The number of rotatable bonds is 4. The Hall–Kier alpha value is -2.24. The molecule has 2 rings (SSSR count). The fourth-order valence-electron chi connectivity index (χ4n) is 2.52. The molecule has 0 aromatic heterocycles. The van der Waals surface area contributed by atoms with E-state index in [1.807, 2.05) is 31.2 Å². The van der Waals surface area contributed by atoms with Crippen molar-refractivity contribution in [3.8, 4) is 5.75 Å². The van der Waals surface area contributed by atoms with E-state index >= 15 is 0 Å². The Kier molecular flexibility index (Phi) is 5.25. The number of amides is 3. The second-order valence-electron chi connectivity index (χ2n) is 5.29. The fourth-order valence-corrected chi connectivity index (χ4v) is 2.52. The molecule has 0 bridgehead atoms. The number of ether oxygens (including phenoxy) is 1. The number of anilines is 1. The van der Waals surface area contributed by atoms with Gasteiger partial charge in [-0.05, 0) is 25.5 Å². The van der Waals surface area contributed by atoms with E-state index in [1.54, 1.807) is 23.8 Å². The molecule has 1 aliphatic rings. The fraction of sp³-hybridized carbons (Fsp3) is 0.500. The SMILES string of the molecule is CCCNC(=O)N1CCN(c2cccc(OC)c2)C(=O)C1C. The maximum Gasteiger partial charge on any atom is 0.318 e. The van der Waals surface area contributed by atoms with Gasteiger partial charge in [0, 0.05) is 31.4 Å². The van der Waals surface area contributed by atoms with Crippen LogP contribution in [0, 0.1) is 0 Å². The van der Waals surface area contributed by atoms with Gasteiger partial charge in [-0.2, -0.15) is 0 Å². The highest BCUT2D eigenvalue weighted by Gasteiger charge is 2.34. The predicted molar refractivity (Wildman–Crippen MR) is 85.2 cm³/mol. The van der Waals surface area contributed by atoms with Crippen molar-refractivity contribution in [3.05, 3.63) is 24.3 Å². The first-order chi connectivity index (χ1) is 10.6. The van der Waals surface area contributed by atoms with E-state index in [0.29, 0.717) is 25.4 Å². The minimum Gasteiger partial charge on any atom is -0.497 e. The summed E-state index contributed by atoms with van der Waals surface area (Å²) in [5.74, 6) is 0.632. The quantitative estimate of drug-likeness (QED) is 0.923. The van der Waals surface area contributed by atoms with Crippen LogP contribution in [0.4, 0.5) is 10.5 Å². The van der Waals surface area contributed by atoms with Crippen molar-refractivity contribution in [2.75, 3.05) is 31.6 Å². The van der Waals surface area contributed by atoms with E-state index < -0.39 is 6.04 Å². The van der Waals surface area contributed by atoms with Crippen LogP contribution in [0.25, 0.3) is 0 Å². The molecule has 1 saturated heterocycles. The highest BCUT2D eigenvalue weighted by Crippen LogP contribution is 2.24. The van der Waals surface area contributed by atoms with Gasteiger partial charge in [-0.3, -0.25) is 4.79 Å². The lowest BCUT2D eigenvalue weighted by atomic mass is 10.1. The lowest BCUT2D eigenvalue weighted by Gasteiger charge is -2.39. The molecule has 0 spiro atoms. The molecule has 1 aromatic rings. The first kappa shape index (κ1) is 16.1. The van der Waals surface area contributed by atoms with E-state index in [-0.39, 0.29) is 11.9 Å². The molecule has 1 aliphatic heterocycles. The smallest absolute Gasteiger partial charge is 0.318 e. The third-order valence-electron chi connectivity index (χ3n) is 3.81. The van der Waals surface area contributed by atoms with Crippen LogP contribution in [-0.4, -0.2) is 49.6 Å². The van der Waals surface area contributed by atoms with E-state index in [9.17, 15) is 9.59 Å². The van der Waals surface area contributed by atoms with Crippen LogP contribution in [0.5, 0.6) is 5.75 Å². The van der Waals surface area contributed by atoms with Crippen molar-refractivity contribution in [3.63, 3.8) is 0 Å². The average Bonchev–Trinajstić information content (AvgIpc) is 2.55. The summed E-state index contributed by atoms with van der Waals surface area (Å²) in [5.41, 5.74) is 0.796. The molecule has 0 aliphatic carbocycles. The predicted octanol–water partition coefficient (Wildman–Crippen LogP) is 1.85. The standard InChI is InChI=1S/C16H23N3O3/c1-4-8-17-16(21)18-9-10-19(15(20)12(18)2)13-6-5-7-14(11-13)22-3/h5-7,11-12H,4,8-10H2,1-3H3,(H,17,21). The molecule has 22 heavy (non-hydrogen) atoms. The number of benzene rings is 1. The van der Waals surface area contributed by atoms with Crippen LogP contribution in [-0.2, 0) is 4.79 Å². The first-order valence-corrected chi connectivity index (χ1v) is 7.58. The zero-order chi connectivity index (χ0) is 16.1. The Bertz CT molecular complexity index is 547. The maximum absolute atomic E-state index is 12.6. The van der Waals surface area contributed by atoms with Gasteiger partial charge < -0.3 is 19.9 Å². The summed E-state index contributed by atoms with van der Waals surface area (Å²) >= 11 is 0. The van der Waals surface area contributed by atoms with E-state index in [4.69, 9.17) is 4.74 Å². The van der Waals surface area contributed by atoms with E-state index in [0.717, 1.165) is 12.1 Å². The third kappa shape index (κ3) is 3.32. The van der Waals surface area contributed by atoms with Crippen molar-refractivity contribution < 1.29 is 14.3 Å². The van der Waals surface area contributed by atoms with Gasteiger partial charge in [0.25, 0.3) is 0 Å². The number of nitrogens with zero attached hydrogens (tertiary/aromatic N) is 2. The number of carbonyl (C=O) groups excluding carboxylic acids is 2. The normalized spacial score (nSPS) is 18.3. The van der Waals surface area contributed by atoms with Crippen LogP contribution in [0.2, 0.25) is 0 Å². The highest BCUT2D eigenvalue weighted by molar-refractivity contribution is 6.00. The van der Waals surface area contributed by atoms with Crippen LogP contribution < -0.4 is 15.0 Å². The summed E-state index contributed by atoms with van der Waals surface area (Å²) in [6.45, 7) is 5.38. The molecular weight excluding hydrogens is 282 g/mol. The molecule has 0 saturated carbocycles. The minimum absolute atomic E-state index is 0.0776. The van der Waals surface area contributed by atoms with Crippen molar-refractivity contribution in [1.29, 1.82) is 0 Å². The average molecular weight is 305 g/mol. The number of urea groups is 1. The molecule has 1 N–H and O–H groups in total. The largest absolute Gasteiger partial charge is 0.497 e. The zero-order valence-electron chi connectivity index (χ0n) is 13.3. The van der Waals surface area contributed by atoms with Crippen molar-refractivity contribution >= 4 is 17.6 Å². The Labute approximate surface area is 131 Å². The van der Waals surface area contributed by atoms with Gasteiger partial charge in [-0.1, -0.05) is 13.0 Å². The molecule has 1 aromatic carbocycles. The molecule has 1 atom stereocenters. The summed E-state index contributed by atoms with van der Waals surface area (Å²) in [7, 11) is 1.60. The lowest BCUT2D eigenvalue weighted by molar-refractivity contribution is -0.124. The van der Waals surface area contributed by atoms with E-state index in [1.165, 1.54) is 0 Å². The van der Waals surface area contributed by atoms with Gasteiger partial charge in [-0.15, -0.1) is 0 Å². The molecular formula is C16H23N3O3. The molecule has 3 amide bonds. The van der Waals surface area contributed by atoms with Gasteiger partial charge in [0.1, 0.15) is 11.8 Å². The summed E-state index contributed by atoms with van der Waals surface area (Å²) in [6, 6.07) is 6.75. The number of hydrogen-bond donors (Lipinski definition) is 1. The zero-order valence-corrected chi connectivity index (χ0v) is 13.3.